The van der Waals surface area contributed by atoms with Gasteiger partial charge in [0, 0.05) is 46.3 Å². The molecular weight excluding hydrogens is 601 g/mol. The van der Waals surface area contributed by atoms with E-state index >= 15 is 0 Å². The van der Waals surface area contributed by atoms with E-state index in [-0.39, 0.29) is 5.41 Å². The lowest BCUT2D eigenvalue weighted by atomic mass is 9.65. The molecule has 3 aromatic carbocycles. The van der Waals surface area contributed by atoms with Gasteiger partial charge in [-0.05, 0) is 111 Å². The molecule has 0 aliphatic heterocycles. The third kappa shape index (κ3) is 5.98. The monoisotopic (exact) mass is 650 g/mol. The first-order valence-electron chi connectivity index (χ1n) is 17.8. The van der Waals surface area contributed by atoms with Gasteiger partial charge in [-0.2, -0.15) is 5.10 Å². The number of hydrogen-bond acceptors (Lipinski definition) is 3. The highest BCUT2D eigenvalue weighted by molar-refractivity contribution is 6.09. The Kier molecular flexibility index (Phi) is 8.29. The van der Waals surface area contributed by atoms with E-state index in [2.05, 4.69) is 151 Å². The number of fused-ring (bicyclic) bond motifs is 3. The molecule has 5 heteroatoms. The van der Waals surface area contributed by atoms with E-state index in [9.17, 15) is 0 Å². The predicted molar refractivity (Wildman–Crippen MR) is 204 cm³/mol. The van der Waals surface area contributed by atoms with Crippen LogP contribution in [-0.2, 0) is 0 Å². The molecule has 0 fully saturated rings. The third-order valence-electron chi connectivity index (χ3n) is 10.8. The van der Waals surface area contributed by atoms with Gasteiger partial charge in [-0.15, -0.1) is 0 Å². The van der Waals surface area contributed by atoms with Crippen LogP contribution in [0.25, 0.3) is 33.3 Å². The number of ether oxygens (including phenoxy) is 1. The van der Waals surface area contributed by atoms with Crippen LogP contribution in [0, 0.1) is 38.0 Å². The molecule has 1 aliphatic rings. The fourth-order valence-corrected chi connectivity index (χ4v) is 8.11. The quantitative estimate of drug-likeness (QED) is 0.169. The first-order chi connectivity index (χ1) is 23.3. The lowest BCUT2D eigenvalue weighted by Crippen LogP contribution is -2.28. The Labute approximate surface area is 291 Å². The highest BCUT2D eigenvalue weighted by Crippen LogP contribution is 2.47. The van der Waals surface area contributed by atoms with Crippen LogP contribution in [0.3, 0.4) is 0 Å². The summed E-state index contributed by atoms with van der Waals surface area (Å²) >= 11 is 0. The molecule has 0 bridgehead atoms. The van der Waals surface area contributed by atoms with E-state index in [1.54, 1.807) is 0 Å². The van der Waals surface area contributed by atoms with Crippen molar-refractivity contribution < 1.29 is 4.74 Å². The second kappa shape index (κ2) is 12.4. The SMILES string of the molecule is CC1=C[C@H](C(C)(C)C)C[C@H](C)C1c1c(C)nn(-c2cc(Oc3ccc4c5ccccc5n(-c5cc(C)ccn5)c4c3)cc(C(C)C)c2)c1C. The maximum absolute atomic E-state index is 6.74. The van der Waals surface area contributed by atoms with Crippen molar-refractivity contribution in [1.82, 2.24) is 19.3 Å². The van der Waals surface area contributed by atoms with Crippen LogP contribution >= 0.6 is 0 Å². The standard InChI is InChI=1S/C44H50N4O/c1-26(2)32-22-34(48-31(7)43(30(6)46-48)42-28(4)20-33(21-29(42)5)44(8,9)10)24-36(23-32)49-35-15-16-38-37-13-11-12-14-39(37)47(40(38)25-35)41-19-27(3)17-18-45-41/h11-20,22-26,29,33,42H,21H2,1-10H3/t29-,33-,42?/m0/s1. The van der Waals surface area contributed by atoms with Gasteiger partial charge < -0.3 is 4.74 Å². The maximum atomic E-state index is 6.74. The molecule has 1 unspecified atom stereocenters. The molecule has 0 spiro atoms. The molecule has 0 saturated heterocycles. The van der Waals surface area contributed by atoms with Crippen LogP contribution in [0.5, 0.6) is 11.5 Å². The molecule has 3 aromatic heterocycles. The van der Waals surface area contributed by atoms with E-state index in [1.165, 1.54) is 45.2 Å². The van der Waals surface area contributed by atoms with Gasteiger partial charge in [-0.3, -0.25) is 4.57 Å². The number of aryl methyl sites for hydroxylation is 2. The molecule has 3 heterocycles. The van der Waals surface area contributed by atoms with Gasteiger partial charge in [0.05, 0.1) is 22.4 Å². The van der Waals surface area contributed by atoms with Crippen molar-refractivity contribution in [3.05, 3.63) is 119 Å². The average molecular weight is 651 g/mol. The van der Waals surface area contributed by atoms with E-state index in [4.69, 9.17) is 14.8 Å². The lowest BCUT2D eigenvalue weighted by molar-refractivity contribution is 0.224. The Morgan fingerprint density at radius 3 is 2.31 bits per heavy atom. The fraction of sp³-hybridized carbons (Fsp3) is 0.364. The summed E-state index contributed by atoms with van der Waals surface area (Å²) in [6.45, 7) is 22.8. The summed E-state index contributed by atoms with van der Waals surface area (Å²) in [4.78, 5) is 4.76. The lowest BCUT2D eigenvalue weighted by Gasteiger charge is -2.39. The van der Waals surface area contributed by atoms with E-state index in [0.717, 1.165) is 39.7 Å². The third-order valence-corrected chi connectivity index (χ3v) is 10.8. The zero-order valence-electron chi connectivity index (χ0n) is 30.8. The van der Waals surface area contributed by atoms with Crippen molar-refractivity contribution in [2.75, 3.05) is 0 Å². The number of allylic oxidation sites excluding steroid dienone is 2. The molecule has 3 atom stereocenters. The van der Waals surface area contributed by atoms with Gasteiger partial charge in [0.25, 0.3) is 0 Å². The van der Waals surface area contributed by atoms with Crippen molar-refractivity contribution in [1.29, 1.82) is 0 Å². The average Bonchev–Trinajstić information content (AvgIpc) is 3.53. The summed E-state index contributed by atoms with van der Waals surface area (Å²) in [6, 6.07) is 25.7. The minimum Gasteiger partial charge on any atom is -0.457 e. The van der Waals surface area contributed by atoms with Crippen LogP contribution in [0.4, 0.5) is 0 Å². The number of aromatic nitrogens is 4. The molecule has 7 rings (SSSR count). The maximum Gasteiger partial charge on any atom is 0.137 e. The fourth-order valence-electron chi connectivity index (χ4n) is 8.11. The Hall–Kier alpha value is -4.64. The Bertz CT molecular complexity index is 2220. The van der Waals surface area contributed by atoms with Crippen LogP contribution in [-0.4, -0.2) is 19.3 Å². The molecule has 0 saturated carbocycles. The highest BCUT2D eigenvalue weighted by atomic mass is 16.5. The summed E-state index contributed by atoms with van der Waals surface area (Å²) in [5.41, 5.74) is 11.0. The summed E-state index contributed by atoms with van der Waals surface area (Å²) in [7, 11) is 0. The smallest absolute Gasteiger partial charge is 0.137 e. The largest absolute Gasteiger partial charge is 0.457 e. The van der Waals surface area contributed by atoms with Crippen LogP contribution in [0.2, 0.25) is 0 Å². The van der Waals surface area contributed by atoms with Gasteiger partial charge in [0.15, 0.2) is 0 Å². The molecular formula is C44H50N4O. The summed E-state index contributed by atoms with van der Waals surface area (Å²) in [5, 5.41) is 7.55. The number of pyridine rings is 1. The molecule has 5 nitrogen and oxygen atoms in total. The van der Waals surface area contributed by atoms with Crippen LogP contribution < -0.4 is 4.74 Å². The molecule has 252 valence electrons. The second-order valence-corrected chi connectivity index (χ2v) is 15.8. The van der Waals surface area contributed by atoms with Crippen molar-refractivity contribution in [2.24, 2.45) is 17.3 Å². The predicted octanol–water partition coefficient (Wildman–Crippen LogP) is 11.9. The molecule has 0 radical (unpaired) electrons. The van der Waals surface area contributed by atoms with Crippen molar-refractivity contribution >= 4 is 21.8 Å². The van der Waals surface area contributed by atoms with Gasteiger partial charge in [-0.25, -0.2) is 9.67 Å². The van der Waals surface area contributed by atoms with E-state index < -0.39 is 0 Å². The summed E-state index contributed by atoms with van der Waals surface area (Å²) < 4.78 is 11.1. The topological polar surface area (TPSA) is 44.9 Å². The normalized spacial score (nSPS) is 18.4. The second-order valence-electron chi connectivity index (χ2n) is 15.8. The molecule has 0 amide bonds. The molecule has 0 N–H and O–H groups in total. The van der Waals surface area contributed by atoms with Gasteiger partial charge in [-0.1, -0.05) is 71.4 Å². The zero-order chi connectivity index (χ0) is 34.8. The number of para-hydroxylation sites is 1. The molecule has 6 aromatic rings. The van der Waals surface area contributed by atoms with E-state index in [0.29, 0.717) is 23.7 Å². The van der Waals surface area contributed by atoms with Crippen LogP contribution in [0.15, 0.2) is 90.6 Å². The highest BCUT2D eigenvalue weighted by Gasteiger charge is 2.36. The van der Waals surface area contributed by atoms with Gasteiger partial charge >= 0.3 is 0 Å². The molecule has 49 heavy (non-hydrogen) atoms. The Balaban J connectivity index is 1.29. The number of benzene rings is 3. The summed E-state index contributed by atoms with van der Waals surface area (Å²) in [6.07, 6.45) is 5.61. The Morgan fingerprint density at radius 2 is 1.59 bits per heavy atom. The Morgan fingerprint density at radius 1 is 0.837 bits per heavy atom. The van der Waals surface area contributed by atoms with Crippen molar-refractivity contribution in [3.63, 3.8) is 0 Å². The minimum absolute atomic E-state index is 0.265. The van der Waals surface area contributed by atoms with Gasteiger partial charge in [0.1, 0.15) is 17.3 Å². The number of hydrogen-bond donors (Lipinski definition) is 0. The van der Waals surface area contributed by atoms with Crippen molar-refractivity contribution in [3.8, 4) is 23.0 Å². The number of rotatable bonds is 6. The zero-order valence-corrected chi connectivity index (χ0v) is 30.8. The van der Waals surface area contributed by atoms with Crippen LogP contribution in [0.1, 0.15) is 94.8 Å². The molecule has 1 aliphatic carbocycles. The first kappa shape index (κ1) is 32.9. The van der Waals surface area contributed by atoms with Crippen molar-refractivity contribution in [2.45, 2.75) is 87.5 Å². The van der Waals surface area contributed by atoms with Gasteiger partial charge in [0.2, 0.25) is 0 Å². The minimum atomic E-state index is 0.265. The summed E-state index contributed by atoms with van der Waals surface area (Å²) in [5.74, 6) is 4.33. The first-order valence-corrected chi connectivity index (χ1v) is 17.8. The van der Waals surface area contributed by atoms with E-state index in [1.807, 2.05) is 12.3 Å². The number of nitrogens with zero attached hydrogens (tertiary/aromatic N) is 4.